The van der Waals surface area contributed by atoms with E-state index < -0.39 is 0 Å². The molecular weight excluding hydrogens is 152 g/mol. The van der Waals surface area contributed by atoms with Crippen LogP contribution in [0.2, 0.25) is 0 Å². The third-order valence-electron chi connectivity index (χ3n) is 2.14. The van der Waals surface area contributed by atoms with Crippen LogP contribution in [0.15, 0.2) is 29.5 Å². The molecule has 3 heteroatoms. The van der Waals surface area contributed by atoms with Crippen LogP contribution < -0.4 is 5.32 Å². The zero-order valence-corrected chi connectivity index (χ0v) is 6.66. The predicted molar refractivity (Wildman–Crippen MR) is 46.6 cm³/mol. The van der Waals surface area contributed by atoms with Gasteiger partial charge in [0, 0.05) is 18.8 Å². The number of nitrogens with one attached hydrogen (secondary N) is 1. The minimum atomic E-state index is 0.0254. The van der Waals surface area contributed by atoms with Crippen LogP contribution in [-0.2, 0) is 4.79 Å². The van der Waals surface area contributed by atoms with E-state index in [-0.39, 0.29) is 5.92 Å². The van der Waals surface area contributed by atoms with Crippen molar-refractivity contribution in [1.82, 2.24) is 5.32 Å². The fourth-order valence-corrected chi connectivity index (χ4v) is 1.29. The molecule has 0 aromatic rings. The van der Waals surface area contributed by atoms with Gasteiger partial charge in [-0.1, -0.05) is 0 Å². The molecular formula is C9H10N2O. The van der Waals surface area contributed by atoms with Crippen molar-refractivity contribution in [3.05, 3.63) is 24.6 Å². The molecule has 3 nitrogen and oxygen atoms in total. The maximum Gasteiger partial charge on any atom is 0.143 e. The number of ketones is 1. The highest BCUT2D eigenvalue weighted by Gasteiger charge is 2.32. The van der Waals surface area contributed by atoms with Crippen molar-refractivity contribution in [1.29, 1.82) is 0 Å². The Morgan fingerprint density at radius 3 is 3.08 bits per heavy atom. The molecule has 1 atom stereocenters. The average molecular weight is 162 g/mol. The molecule has 0 spiro atoms. The van der Waals surface area contributed by atoms with Crippen molar-refractivity contribution in [2.45, 2.75) is 12.8 Å². The Labute approximate surface area is 70.9 Å². The van der Waals surface area contributed by atoms with Gasteiger partial charge >= 0.3 is 0 Å². The quantitative estimate of drug-likeness (QED) is 0.624. The van der Waals surface area contributed by atoms with E-state index in [9.17, 15) is 4.79 Å². The normalized spacial score (nSPS) is 27.2. The summed E-state index contributed by atoms with van der Waals surface area (Å²) in [4.78, 5) is 15.2. The van der Waals surface area contributed by atoms with Crippen molar-refractivity contribution in [3.63, 3.8) is 0 Å². The number of aliphatic imine (C=N–C) groups is 1. The second-order valence-electron chi connectivity index (χ2n) is 2.92. The summed E-state index contributed by atoms with van der Waals surface area (Å²) in [6.07, 6.45) is 8.85. The number of hydrogen-bond acceptors (Lipinski definition) is 3. The number of amidine groups is 1. The van der Waals surface area contributed by atoms with Gasteiger partial charge in [0.2, 0.25) is 0 Å². The number of nitrogens with zero attached hydrogens (tertiary/aromatic N) is 1. The Balaban J connectivity index is 2.12. The minimum absolute atomic E-state index is 0.0254. The van der Waals surface area contributed by atoms with E-state index in [1.165, 1.54) is 0 Å². The molecule has 0 aromatic carbocycles. The fraction of sp³-hybridized carbons (Fsp3) is 0.333. The van der Waals surface area contributed by atoms with Crippen LogP contribution in [0.5, 0.6) is 0 Å². The lowest BCUT2D eigenvalue weighted by Gasteiger charge is -2.24. The van der Waals surface area contributed by atoms with Gasteiger partial charge in [-0.05, 0) is 18.6 Å². The first-order valence-corrected chi connectivity index (χ1v) is 4.06. The lowest BCUT2D eigenvalue weighted by Crippen LogP contribution is -2.39. The average Bonchev–Trinajstić information content (AvgIpc) is 2.30. The maximum absolute atomic E-state index is 11.1. The Hall–Kier alpha value is -1.38. The second-order valence-corrected chi connectivity index (χ2v) is 2.92. The molecule has 12 heavy (non-hydrogen) atoms. The number of carbonyl (C=O) groups excluding carboxylic acids is 1. The summed E-state index contributed by atoms with van der Waals surface area (Å²) in [5.41, 5.74) is 0. The van der Waals surface area contributed by atoms with Gasteiger partial charge in [-0.2, -0.15) is 0 Å². The zero-order valence-electron chi connectivity index (χ0n) is 6.66. The summed E-state index contributed by atoms with van der Waals surface area (Å²) >= 11 is 0. The first-order chi connectivity index (χ1) is 5.88. The number of carbonyl (C=O) groups is 1. The molecule has 2 rings (SSSR count). The van der Waals surface area contributed by atoms with Gasteiger partial charge in [-0.3, -0.25) is 4.79 Å². The summed E-state index contributed by atoms with van der Waals surface area (Å²) in [6, 6.07) is 0. The van der Waals surface area contributed by atoms with Crippen LogP contribution in [0.1, 0.15) is 12.8 Å². The van der Waals surface area contributed by atoms with Crippen molar-refractivity contribution >= 4 is 11.6 Å². The molecule has 0 aromatic heterocycles. The Kier molecular flexibility index (Phi) is 1.78. The first kappa shape index (κ1) is 7.28. The van der Waals surface area contributed by atoms with Gasteiger partial charge in [0.15, 0.2) is 0 Å². The standard InChI is InChI=1S/C9H10N2O/c12-8-4-3-7(8)9-10-5-1-2-6-11-9/h1-2,5-7H,3-4H2,(H,10,11). The lowest BCUT2D eigenvalue weighted by atomic mass is 9.83. The zero-order chi connectivity index (χ0) is 8.39. The summed E-state index contributed by atoms with van der Waals surface area (Å²) < 4.78 is 0. The van der Waals surface area contributed by atoms with Gasteiger partial charge < -0.3 is 5.32 Å². The summed E-state index contributed by atoms with van der Waals surface area (Å²) in [7, 11) is 0. The van der Waals surface area contributed by atoms with Gasteiger partial charge in [0.25, 0.3) is 0 Å². The van der Waals surface area contributed by atoms with E-state index in [1.54, 1.807) is 12.4 Å². The lowest BCUT2D eigenvalue weighted by molar-refractivity contribution is -0.126. The van der Waals surface area contributed by atoms with E-state index in [1.807, 2.05) is 12.2 Å². The SMILES string of the molecule is O=C1CCC1C1=NC=CC=CN1. The van der Waals surface area contributed by atoms with Gasteiger partial charge in [-0.15, -0.1) is 0 Å². The topological polar surface area (TPSA) is 41.5 Å². The van der Waals surface area contributed by atoms with Crippen LogP contribution in [0.3, 0.4) is 0 Å². The number of hydrogen-bond donors (Lipinski definition) is 1. The molecule has 1 aliphatic heterocycles. The van der Waals surface area contributed by atoms with Gasteiger partial charge in [-0.25, -0.2) is 4.99 Å². The van der Waals surface area contributed by atoms with Crippen LogP contribution >= 0.6 is 0 Å². The van der Waals surface area contributed by atoms with Crippen LogP contribution in [0.25, 0.3) is 0 Å². The molecule has 1 fully saturated rings. The molecule has 0 bridgehead atoms. The molecule has 1 saturated carbocycles. The monoisotopic (exact) mass is 162 g/mol. The van der Waals surface area contributed by atoms with Crippen molar-refractivity contribution in [3.8, 4) is 0 Å². The smallest absolute Gasteiger partial charge is 0.143 e. The summed E-state index contributed by atoms with van der Waals surface area (Å²) in [5.74, 6) is 1.11. The molecule has 2 aliphatic rings. The Morgan fingerprint density at radius 1 is 1.50 bits per heavy atom. The molecule has 0 saturated heterocycles. The third kappa shape index (κ3) is 1.18. The second kappa shape index (κ2) is 2.93. The molecule has 62 valence electrons. The number of allylic oxidation sites excluding steroid dienone is 2. The number of Topliss-reactive ketones (excluding diaryl/α,β-unsaturated/α-hetero) is 1. The first-order valence-electron chi connectivity index (χ1n) is 4.06. The molecule has 1 N–H and O–H groups in total. The highest BCUT2D eigenvalue weighted by molar-refractivity contribution is 6.08. The highest BCUT2D eigenvalue weighted by Crippen LogP contribution is 2.23. The summed E-state index contributed by atoms with van der Waals surface area (Å²) in [6.45, 7) is 0. The Morgan fingerprint density at radius 2 is 2.42 bits per heavy atom. The number of rotatable bonds is 1. The van der Waals surface area contributed by atoms with Crippen LogP contribution in [0, 0.1) is 5.92 Å². The van der Waals surface area contributed by atoms with E-state index in [2.05, 4.69) is 10.3 Å². The van der Waals surface area contributed by atoms with Gasteiger partial charge in [0.1, 0.15) is 11.6 Å². The van der Waals surface area contributed by atoms with E-state index in [4.69, 9.17) is 0 Å². The highest BCUT2D eigenvalue weighted by atomic mass is 16.1. The molecule has 0 amide bonds. The molecule has 1 heterocycles. The van der Waals surface area contributed by atoms with E-state index in [0.29, 0.717) is 12.2 Å². The minimum Gasteiger partial charge on any atom is -0.350 e. The maximum atomic E-state index is 11.1. The Bertz CT molecular complexity index is 289. The molecule has 1 aliphatic carbocycles. The van der Waals surface area contributed by atoms with Crippen LogP contribution in [0.4, 0.5) is 0 Å². The van der Waals surface area contributed by atoms with E-state index in [0.717, 1.165) is 12.3 Å². The fourth-order valence-electron chi connectivity index (χ4n) is 1.29. The van der Waals surface area contributed by atoms with Gasteiger partial charge in [0.05, 0.1) is 5.92 Å². The van der Waals surface area contributed by atoms with E-state index >= 15 is 0 Å². The molecule has 0 radical (unpaired) electrons. The summed E-state index contributed by atoms with van der Waals surface area (Å²) in [5, 5.41) is 3.00. The predicted octanol–water partition coefficient (Wildman–Crippen LogP) is 0.995. The molecule has 1 unspecified atom stereocenters. The van der Waals surface area contributed by atoms with Crippen molar-refractivity contribution in [2.24, 2.45) is 10.9 Å². The van der Waals surface area contributed by atoms with Crippen molar-refractivity contribution in [2.75, 3.05) is 0 Å². The van der Waals surface area contributed by atoms with Crippen LogP contribution in [-0.4, -0.2) is 11.6 Å². The van der Waals surface area contributed by atoms with Crippen molar-refractivity contribution < 1.29 is 4.79 Å². The third-order valence-corrected chi connectivity index (χ3v) is 2.14. The largest absolute Gasteiger partial charge is 0.350 e.